The largest absolute Gasteiger partial charge is 0.493 e. The Bertz CT molecular complexity index is 828. The molecule has 0 aliphatic heterocycles. The number of rotatable bonds is 10. The Morgan fingerprint density at radius 1 is 0.862 bits per heavy atom. The molecule has 0 saturated carbocycles. The lowest BCUT2D eigenvalue weighted by Gasteiger charge is -2.14. The molecule has 29 heavy (non-hydrogen) atoms. The van der Waals surface area contributed by atoms with Crippen molar-refractivity contribution in [1.29, 1.82) is 0 Å². The molecule has 8 nitrogen and oxygen atoms in total. The molecule has 0 radical (unpaired) electrons. The van der Waals surface area contributed by atoms with E-state index in [1.165, 1.54) is 33.5 Å². The maximum Gasteiger partial charge on any atom is 0.251 e. The minimum absolute atomic E-state index is 0.165. The van der Waals surface area contributed by atoms with Crippen molar-refractivity contribution in [2.75, 3.05) is 35.0 Å². The predicted octanol–water partition coefficient (Wildman–Crippen LogP) is 1.90. The van der Waals surface area contributed by atoms with E-state index in [1.54, 1.807) is 7.11 Å². The van der Waals surface area contributed by atoms with Gasteiger partial charge in [0.2, 0.25) is 11.7 Å². The zero-order valence-corrected chi connectivity index (χ0v) is 17.0. The van der Waals surface area contributed by atoms with Gasteiger partial charge < -0.3 is 29.6 Å². The van der Waals surface area contributed by atoms with Crippen LogP contribution in [0, 0.1) is 0 Å². The summed E-state index contributed by atoms with van der Waals surface area (Å²) in [6.45, 7) is 0.643. The zero-order valence-electron chi connectivity index (χ0n) is 17.0. The van der Waals surface area contributed by atoms with Gasteiger partial charge in [0.1, 0.15) is 0 Å². The standard InChI is InChI=1S/C21H26N2O6/c1-26-13-15-8-6-5-7-14(15)11-22-19(24)12-23-21(25)16-9-17(27-2)20(29-4)18(10-16)28-3/h5-10H,11-13H2,1-4H3,(H,22,24)(H,23,25). The molecule has 0 aliphatic rings. The summed E-state index contributed by atoms with van der Waals surface area (Å²) in [5, 5.41) is 5.38. The molecular formula is C21H26N2O6. The highest BCUT2D eigenvalue weighted by atomic mass is 16.5. The number of ether oxygens (including phenoxy) is 4. The van der Waals surface area contributed by atoms with Crippen LogP contribution in [0.1, 0.15) is 21.5 Å². The first-order valence-electron chi connectivity index (χ1n) is 8.94. The Labute approximate surface area is 170 Å². The van der Waals surface area contributed by atoms with Crippen LogP contribution < -0.4 is 24.8 Å². The molecule has 2 aromatic rings. The highest BCUT2D eigenvalue weighted by Gasteiger charge is 2.17. The normalized spacial score (nSPS) is 10.2. The zero-order chi connectivity index (χ0) is 21.2. The van der Waals surface area contributed by atoms with Gasteiger partial charge in [0, 0.05) is 19.2 Å². The Balaban J connectivity index is 1.96. The number of amides is 2. The second-order valence-corrected chi connectivity index (χ2v) is 6.08. The van der Waals surface area contributed by atoms with E-state index in [2.05, 4.69) is 10.6 Å². The highest BCUT2D eigenvalue weighted by molar-refractivity contribution is 5.97. The Morgan fingerprint density at radius 3 is 2.03 bits per heavy atom. The first-order valence-corrected chi connectivity index (χ1v) is 8.94. The summed E-state index contributed by atoms with van der Waals surface area (Å²) in [5.41, 5.74) is 2.24. The van der Waals surface area contributed by atoms with E-state index < -0.39 is 5.91 Å². The van der Waals surface area contributed by atoms with E-state index in [9.17, 15) is 9.59 Å². The fourth-order valence-corrected chi connectivity index (χ4v) is 2.76. The van der Waals surface area contributed by atoms with E-state index in [-0.39, 0.29) is 18.0 Å². The van der Waals surface area contributed by atoms with Gasteiger partial charge in [-0.15, -0.1) is 0 Å². The maximum atomic E-state index is 12.4. The van der Waals surface area contributed by atoms with Gasteiger partial charge in [0.15, 0.2) is 11.5 Å². The molecule has 2 rings (SSSR count). The van der Waals surface area contributed by atoms with Crippen LogP contribution in [0.25, 0.3) is 0 Å². The molecule has 0 spiro atoms. The van der Waals surface area contributed by atoms with Gasteiger partial charge in [-0.2, -0.15) is 0 Å². The van der Waals surface area contributed by atoms with Crippen molar-refractivity contribution in [2.45, 2.75) is 13.2 Å². The van der Waals surface area contributed by atoms with Crippen LogP contribution in [0.15, 0.2) is 36.4 Å². The number of nitrogens with one attached hydrogen (secondary N) is 2. The summed E-state index contributed by atoms with van der Waals surface area (Å²) in [4.78, 5) is 24.6. The van der Waals surface area contributed by atoms with E-state index in [0.717, 1.165) is 11.1 Å². The van der Waals surface area contributed by atoms with Crippen LogP contribution in [-0.2, 0) is 22.7 Å². The fraction of sp³-hybridized carbons (Fsp3) is 0.333. The first-order chi connectivity index (χ1) is 14.0. The smallest absolute Gasteiger partial charge is 0.251 e. The highest BCUT2D eigenvalue weighted by Crippen LogP contribution is 2.38. The van der Waals surface area contributed by atoms with Crippen LogP contribution in [-0.4, -0.2) is 46.8 Å². The number of hydrogen-bond acceptors (Lipinski definition) is 6. The molecule has 0 bridgehead atoms. The van der Waals surface area contributed by atoms with Crippen molar-refractivity contribution >= 4 is 11.8 Å². The minimum atomic E-state index is -0.431. The van der Waals surface area contributed by atoms with Crippen LogP contribution in [0.2, 0.25) is 0 Å². The Kier molecular flexibility index (Phi) is 8.29. The van der Waals surface area contributed by atoms with Crippen LogP contribution in [0.4, 0.5) is 0 Å². The topological polar surface area (TPSA) is 95.1 Å². The third kappa shape index (κ3) is 5.86. The SMILES string of the molecule is COCc1ccccc1CNC(=O)CNC(=O)c1cc(OC)c(OC)c(OC)c1. The van der Waals surface area contributed by atoms with E-state index in [4.69, 9.17) is 18.9 Å². The van der Waals surface area contributed by atoms with Crippen molar-refractivity contribution < 1.29 is 28.5 Å². The van der Waals surface area contributed by atoms with Crippen molar-refractivity contribution in [3.8, 4) is 17.2 Å². The summed E-state index contributed by atoms with van der Waals surface area (Å²) in [5.74, 6) is 0.364. The van der Waals surface area contributed by atoms with Crippen molar-refractivity contribution in [3.63, 3.8) is 0 Å². The molecule has 0 aliphatic carbocycles. The van der Waals surface area contributed by atoms with Gasteiger partial charge in [-0.25, -0.2) is 0 Å². The number of carbonyl (C=O) groups excluding carboxylic acids is 2. The van der Waals surface area contributed by atoms with E-state index >= 15 is 0 Å². The lowest BCUT2D eigenvalue weighted by atomic mass is 10.1. The quantitative estimate of drug-likeness (QED) is 0.630. The van der Waals surface area contributed by atoms with Gasteiger partial charge in [0.25, 0.3) is 5.91 Å². The summed E-state index contributed by atoms with van der Waals surface area (Å²) in [6, 6.07) is 10.7. The molecular weight excluding hydrogens is 376 g/mol. The molecule has 2 N–H and O–H groups in total. The summed E-state index contributed by atoms with van der Waals surface area (Å²) >= 11 is 0. The number of benzene rings is 2. The molecule has 2 aromatic carbocycles. The molecule has 156 valence electrons. The second kappa shape index (κ2) is 10.9. The second-order valence-electron chi connectivity index (χ2n) is 6.08. The predicted molar refractivity (Wildman–Crippen MR) is 107 cm³/mol. The molecule has 0 atom stereocenters. The van der Waals surface area contributed by atoms with Crippen molar-refractivity contribution in [1.82, 2.24) is 10.6 Å². The number of methoxy groups -OCH3 is 4. The Morgan fingerprint density at radius 2 is 1.48 bits per heavy atom. The molecule has 0 fully saturated rings. The molecule has 2 amide bonds. The third-order valence-electron chi connectivity index (χ3n) is 4.23. The van der Waals surface area contributed by atoms with Gasteiger partial charge in [-0.3, -0.25) is 9.59 Å². The average Bonchev–Trinajstić information content (AvgIpc) is 2.75. The molecule has 0 aromatic heterocycles. The molecule has 0 saturated heterocycles. The van der Waals surface area contributed by atoms with Crippen molar-refractivity contribution in [2.24, 2.45) is 0 Å². The molecule has 0 unspecified atom stereocenters. The summed E-state index contributed by atoms with van der Waals surface area (Å²) < 4.78 is 20.9. The number of carbonyl (C=O) groups is 2. The maximum absolute atomic E-state index is 12.4. The first kappa shape index (κ1) is 22.0. The monoisotopic (exact) mass is 402 g/mol. The number of hydrogen-bond donors (Lipinski definition) is 2. The molecule has 0 heterocycles. The lowest BCUT2D eigenvalue weighted by Crippen LogP contribution is -2.36. The van der Waals surface area contributed by atoms with Crippen LogP contribution >= 0.6 is 0 Å². The van der Waals surface area contributed by atoms with Gasteiger partial charge in [0.05, 0.1) is 34.5 Å². The van der Waals surface area contributed by atoms with Crippen molar-refractivity contribution in [3.05, 3.63) is 53.1 Å². The van der Waals surface area contributed by atoms with E-state index in [1.807, 2.05) is 24.3 Å². The van der Waals surface area contributed by atoms with Gasteiger partial charge >= 0.3 is 0 Å². The van der Waals surface area contributed by atoms with Gasteiger partial charge in [-0.05, 0) is 23.3 Å². The minimum Gasteiger partial charge on any atom is -0.493 e. The fourth-order valence-electron chi connectivity index (χ4n) is 2.76. The molecule has 8 heteroatoms. The van der Waals surface area contributed by atoms with Crippen LogP contribution in [0.3, 0.4) is 0 Å². The summed E-state index contributed by atoms with van der Waals surface area (Å²) in [7, 11) is 6.03. The van der Waals surface area contributed by atoms with Crippen LogP contribution in [0.5, 0.6) is 17.2 Å². The summed E-state index contributed by atoms with van der Waals surface area (Å²) in [6.07, 6.45) is 0. The average molecular weight is 402 g/mol. The van der Waals surface area contributed by atoms with Gasteiger partial charge in [-0.1, -0.05) is 24.3 Å². The Hall–Kier alpha value is -3.26. The van der Waals surface area contributed by atoms with E-state index in [0.29, 0.717) is 30.4 Å². The lowest BCUT2D eigenvalue weighted by molar-refractivity contribution is -0.120. The third-order valence-corrected chi connectivity index (χ3v) is 4.23.